The maximum Gasteiger partial charge on any atom is 0.252 e. The minimum absolute atomic E-state index is 0.0428. The highest BCUT2D eigenvalue weighted by Gasteiger charge is 2.43. The fourth-order valence-corrected chi connectivity index (χ4v) is 7.41. The van der Waals surface area contributed by atoms with Crippen molar-refractivity contribution in [1.82, 2.24) is 13.5 Å². The number of likely N-dealkylation sites (tertiary alicyclic amines) is 1. The van der Waals surface area contributed by atoms with Crippen molar-refractivity contribution < 1.29 is 16.8 Å². The Labute approximate surface area is 160 Å². The molecule has 0 radical (unpaired) electrons. The lowest BCUT2D eigenvalue weighted by Gasteiger charge is -2.44. The Bertz CT molecular complexity index is 781. The highest BCUT2D eigenvalue weighted by atomic mass is 32.2. The number of hydrogen-bond donors (Lipinski definition) is 0. The van der Waals surface area contributed by atoms with Crippen molar-refractivity contribution in [1.29, 1.82) is 0 Å². The molecule has 0 bridgehead atoms. The number of rotatable bonds is 8. The van der Waals surface area contributed by atoms with Gasteiger partial charge in [-0.1, -0.05) is 12.5 Å². The van der Waals surface area contributed by atoms with Crippen LogP contribution in [0.3, 0.4) is 0 Å². The van der Waals surface area contributed by atoms with Gasteiger partial charge >= 0.3 is 0 Å². The van der Waals surface area contributed by atoms with Crippen LogP contribution in [-0.4, -0.2) is 81.4 Å². The van der Waals surface area contributed by atoms with Gasteiger partial charge in [0, 0.05) is 26.2 Å². The van der Waals surface area contributed by atoms with E-state index in [1.165, 1.54) is 26.4 Å². The fraction of sp³-hybridized carbons (Fsp3) is 0.750. The minimum atomic E-state index is -3.49. The highest BCUT2D eigenvalue weighted by Crippen LogP contribution is 2.28. The molecule has 0 spiro atoms. The van der Waals surface area contributed by atoms with Crippen LogP contribution in [-0.2, 0) is 20.0 Å². The van der Waals surface area contributed by atoms with E-state index in [0.29, 0.717) is 17.3 Å². The first-order chi connectivity index (χ1) is 12.3. The van der Waals surface area contributed by atoms with Crippen LogP contribution < -0.4 is 0 Å². The molecule has 1 aromatic rings. The first-order valence-electron chi connectivity index (χ1n) is 9.10. The van der Waals surface area contributed by atoms with Gasteiger partial charge in [-0.05, 0) is 44.3 Å². The standard InChI is InChI=1S/C16H27N3O4S3/c1-2-25(20,21)19(11-10-17-8-4-3-5-9-17)15-13-18(14-15)26(22,23)16-7-6-12-24-16/h6-7,12,15H,2-5,8-11,13-14H2,1H3. The molecule has 2 aliphatic rings. The van der Waals surface area contributed by atoms with E-state index in [4.69, 9.17) is 0 Å². The van der Waals surface area contributed by atoms with E-state index in [2.05, 4.69) is 4.90 Å². The molecule has 7 nitrogen and oxygen atoms in total. The quantitative estimate of drug-likeness (QED) is 0.631. The van der Waals surface area contributed by atoms with Crippen molar-refractivity contribution in [2.75, 3.05) is 45.0 Å². The molecule has 0 N–H and O–H groups in total. The summed E-state index contributed by atoms with van der Waals surface area (Å²) in [4.78, 5) is 2.31. The smallest absolute Gasteiger partial charge is 0.252 e. The van der Waals surface area contributed by atoms with Gasteiger partial charge in [0.1, 0.15) is 4.21 Å². The Morgan fingerprint density at radius 1 is 1.15 bits per heavy atom. The molecule has 1 aromatic heterocycles. The van der Waals surface area contributed by atoms with Gasteiger partial charge in [-0.15, -0.1) is 11.3 Å². The van der Waals surface area contributed by atoms with E-state index in [9.17, 15) is 16.8 Å². The molecule has 10 heteroatoms. The lowest BCUT2D eigenvalue weighted by molar-refractivity contribution is 0.135. The van der Waals surface area contributed by atoms with Crippen LogP contribution in [0.4, 0.5) is 0 Å². The van der Waals surface area contributed by atoms with Crippen molar-refractivity contribution in [3.05, 3.63) is 17.5 Å². The second-order valence-corrected chi connectivity index (χ2v) is 12.1. The monoisotopic (exact) mass is 421 g/mol. The van der Waals surface area contributed by atoms with Gasteiger partial charge in [0.05, 0.1) is 11.8 Å². The Balaban J connectivity index is 1.63. The van der Waals surface area contributed by atoms with Crippen molar-refractivity contribution in [3.63, 3.8) is 0 Å². The topological polar surface area (TPSA) is 78.0 Å². The zero-order chi connectivity index (χ0) is 18.8. The third-order valence-corrected chi connectivity index (χ3v) is 10.3. The molecule has 3 rings (SSSR count). The molecule has 0 unspecified atom stereocenters. The summed E-state index contributed by atoms with van der Waals surface area (Å²) in [5, 5.41) is 1.73. The zero-order valence-electron chi connectivity index (χ0n) is 15.1. The average molecular weight is 422 g/mol. The summed E-state index contributed by atoms with van der Waals surface area (Å²) in [6, 6.07) is 3.03. The van der Waals surface area contributed by atoms with E-state index < -0.39 is 20.0 Å². The van der Waals surface area contributed by atoms with E-state index in [1.54, 1.807) is 24.4 Å². The van der Waals surface area contributed by atoms with Crippen molar-refractivity contribution in [2.24, 2.45) is 0 Å². The van der Waals surface area contributed by atoms with Gasteiger partial charge in [-0.3, -0.25) is 0 Å². The first-order valence-corrected chi connectivity index (χ1v) is 13.0. The Hall–Kier alpha value is -0.520. The molecule has 2 fully saturated rings. The molecule has 3 heterocycles. The van der Waals surface area contributed by atoms with Gasteiger partial charge in [-0.2, -0.15) is 8.61 Å². The van der Waals surface area contributed by atoms with Crippen molar-refractivity contribution in [3.8, 4) is 0 Å². The number of nitrogens with zero attached hydrogens (tertiary/aromatic N) is 3. The summed E-state index contributed by atoms with van der Waals surface area (Å²) >= 11 is 1.19. The normalized spacial score (nSPS) is 21.2. The van der Waals surface area contributed by atoms with Crippen LogP contribution in [0, 0.1) is 0 Å². The highest BCUT2D eigenvalue weighted by molar-refractivity contribution is 7.91. The van der Waals surface area contributed by atoms with E-state index in [1.807, 2.05) is 0 Å². The number of hydrogen-bond acceptors (Lipinski definition) is 6. The van der Waals surface area contributed by atoms with Crippen LogP contribution in [0.15, 0.2) is 21.7 Å². The lowest BCUT2D eigenvalue weighted by atomic mass is 10.1. The molecule has 0 aliphatic carbocycles. The second-order valence-electron chi connectivity index (χ2n) is 6.82. The van der Waals surface area contributed by atoms with Crippen molar-refractivity contribution >= 4 is 31.4 Å². The van der Waals surface area contributed by atoms with Crippen LogP contribution in [0.2, 0.25) is 0 Å². The maximum atomic E-state index is 12.5. The average Bonchev–Trinajstić information content (AvgIpc) is 3.12. The van der Waals surface area contributed by atoms with Gasteiger partial charge in [-0.25, -0.2) is 16.8 Å². The lowest BCUT2D eigenvalue weighted by Crippen LogP contribution is -2.63. The molecule has 2 saturated heterocycles. The van der Waals surface area contributed by atoms with Crippen LogP contribution in [0.1, 0.15) is 26.2 Å². The van der Waals surface area contributed by atoms with Gasteiger partial charge in [0.25, 0.3) is 10.0 Å². The maximum absolute atomic E-state index is 12.5. The predicted molar refractivity (Wildman–Crippen MR) is 103 cm³/mol. The van der Waals surface area contributed by atoms with Crippen LogP contribution in [0.25, 0.3) is 0 Å². The van der Waals surface area contributed by atoms with Gasteiger partial charge < -0.3 is 4.90 Å². The molecule has 26 heavy (non-hydrogen) atoms. The molecule has 0 saturated carbocycles. The van der Waals surface area contributed by atoms with Gasteiger partial charge in [0.2, 0.25) is 10.0 Å². The molecular formula is C16H27N3O4S3. The molecule has 2 aliphatic heterocycles. The molecule has 0 aromatic carbocycles. The van der Waals surface area contributed by atoms with E-state index in [0.717, 1.165) is 25.9 Å². The second kappa shape index (κ2) is 8.24. The number of sulfonamides is 2. The fourth-order valence-electron chi connectivity index (χ4n) is 3.47. The summed E-state index contributed by atoms with van der Waals surface area (Å²) < 4.78 is 53.3. The number of piperidine rings is 1. The predicted octanol–water partition coefficient (Wildman–Crippen LogP) is 1.26. The summed E-state index contributed by atoms with van der Waals surface area (Å²) in [6.45, 7) is 5.30. The zero-order valence-corrected chi connectivity index (χ0v) is 17.5. The van der Waals surface area contributed by atoms with Crippen LogP contribution in [0.5, 0.6) is 0 Å². The number of thiophene rings is 1. The summed E-state index contributed by atoms with van der Waals surface area (Å²) in [5.41, 5.74) is 0. The summed E-state index contributed by atoms with van der Waals surface area (Å²) in [6.07, 6.45) is 3.57. The molecule has 0 atom stereocenters. The molecular weight excluding hydrogens is 394 g/mol. The van der Waals surface area contributed by atoms with E-state index >= 15 is 0 Å². The first kappa shape index (κ1) is 20.2. The molecule has 0 amide bonds. The Kier molecular flexibility index (Phi) is 6.41. The largest absolute Gasteiger partial charge is 0.302 e. The van der Waals surface area contributed by atoms with E-state index in [-0.39, 0.29) is 24.9 Å². The third-order valence-electron chi connectivity index (χ3n) is 5.13. The SMILES string of the molecule is CCS(=O)(=O)N(CCN1CCCCC1)C1CN(S(=O)(=O)c2cccs2)C1. The minimum Gasteiger partial charge on any atom is -0.302 e. The third kappa shape index (κ3) is 4.31. The molecule has 148 valence electrons. The van der Waals surface area contributed by atoms with Crippen LogP contribution >= 0.6 is 11.3 Å². The van der Waals surface area contributed by atoms with Gasteiger partial charge in [0.15, 0.2) is 0 Å². The summed E-state index contributed by atoms with van der Waals surface area (Å²) in [5.74, 6) is 0.0428. The summed E-state index contributed by atoms with van der Waals surface area (Å²) in [7, 11) is -6.85. The van der Waals surface area contributed by atoms with Crippen molar-refractivity contribution in [2.45, 2.75) is 36.4 Å². The Morgan fingerprint density at radius 3 is 2.42 bits per heavy atom. The Morgan fingerprint density at radius 2 is 1.85 bits per heavy atom.